The van der Waals surface area contributed by atoms with Gasteiger partial charge in [0.1, 0.15) is 0 Å². The van der Waals surface area contributed by atoms with Gasteiger partial charge in [0.05, 0.1) is 0 Å². The summed E-state index contributed by atoms with van der Waals surface area (Å²) in [6.45, 7) is 2.01. The topological polar surface area (TPSA) is 49.3 Å². The van der Waals surface area contributed by atoms with Crippen LogP contribution in [0.3, 0.4) is 0 Å². The van der Waals surface area contributed by atoms with Gasteiger partial charge >= 0.3 is 0 Å². The van der Waals surface area contributed by atoms with Gasteiger partial charge in [0.25, 0.3) is 5.91 Å². The summed E-state index contributed by atoms with van der Waals surface area (Å²) in [4.78, 5) is 11.8. The molecule has 0 unspecified atom stereocenters. The van der Waals surface area contributed by atoms with Crippen LogP contribution in [-0.4, -0.2) is 17.1 Å². The number of aliphatic hydroxyl groups is 1. The molecule has 102 valence electrons. The monoisotopic (exact) mass is 267 g/mol. The molecule has 0 saturated heterocycles. The van der Waals surface area contributed by atoms with Crippen molar-refractivity contribution in [2.75, 3.05) is 5.32 Å². The summed E-state index contributed by atoms with van der Waals surface area (Å²) in [6, 6.07) is 16.9. The quantitative estimate of drug-likeness (QED) is 0.894. The average molecular weight is 267 g/mol. The lowest BCUT2D eigenvalue weighted by atomic mass is 10.1. The van der Waals surface area contributed by atoms with Crippen molar-refractivity contribution < 1.29 is 9.90 Å². The number of aryl methyl sites for hydroxylation is 1. The van der Waals surface area contributed by atoms with Gasteiger partial charge in [-0.2, -0.15) is 0 Å². The molecule has 0 spiro atoms. The standard InChI is InChI=1S/C17H17NO2/c1-13-7-9-14(10-8-13)11-12-16(19)17(20)18-15-5-3-2-4-6-15/h2-12,16,19H,1H3,(H,18,20)/b12-11+/t16-/m1/s1. The molecular formula is C17H17NO2. The van der Waals surface area contributed by atoms with Crippen LogP contribution < -0.4 is 5.32 Å². The Balaban J connectivity index is 1.95. The van der Waals surface area contributed by atoms with Gasteiger partial charge in [0.15, 0.2) is 6.10 Å². The van der Waals surface area contributed by atoms with E-state index in [0.29, 0.717) is 5.69 Å². The summed E-state index contributed by atoms with van der Waals surface area (Å²) in [5, 5.41) is 12.4. The molecule has 0 heterocycles. The number of nitrogens with one attached hydrogen (secondary N) is 1. The Morgan fingerprint density at radius 2 is 1.75 bits per heavy atom. The molecule has 0 aliphatic carbocycles. The largest absolute Gasteiger partial charge is 0.379 e. The fourth-order valence-corrected chi connectivity index (χ4v) is 1.70. The second-order valence-corrected chi connectivity index (χ2v) is 4.57. The Bertz CT molecular complexity index is 588. The van der Waals surface area contributed by atoms with E-state index in [0.717, 1.165) is 5.56 Å². The van der Waals surface area contributed by atoms with Crippen molar-refractivity contribution >= 4 is 17.7 Å². The summed E-state index contributed by atoms with van der Waals surface area (Å²) in [6.07, 6.45) is 2.04. The third-order valence-electron chi connectivity index (χ3n) is 2.86. The van der Waals surface area contributed by atoms with Gasteiger partial charge in [0.2, 0.25) is 0 Å². The molecule has 0 aliphatic rings. The van der Waals surface area contributed by atoms with Gasteiger partial charge in [0, 0.05) is 5.69 Å². The van der Waals surface area contributed by atoms with Crippen LogP contribution in [-0.2, 0) is 4.79 Å². The lowest BCUT2D eigenvalue weighted by Crippen LogP contribution is -2.25. The van der Waals surface area contributed by atoms with E-state index in [1.165, 1.54) is 11.6 Å². The van der Waals surface area contributed by atoms with Crippen LogP contribution in [0, 0.1) is 6.92 Å². The first kappa shape index (κ1) is 14.0. The van der Waals surface area contributed by atoms with Crippen LogP contribution in [0.25, 0.3) is 6.08 Å². The highest BCUT2D eigenvalue weighted by molar-refractivity contribution is 5.95. The van der Waals surface area contributed by atoms with Gasteiger partial charge in [-0.1, -0.05) is 54.1 Å². The van der Waals surface area contributed by atoms with E-state index in [-0.39, 0.29) is 0 Å². The summed E-state index contributed by atoms with van der Waals surface area (Å²) in [7, 11) is 0. The van der Waals surface area contributed by atoms with Crippen molar-refractivity contribution in [3.8, 4) is 0 Å². The highest BCUT2D eigenvalue weighted by atomic mass is 16.3. The van der Waals surface area contributed by atoms with E-state index in [2.05, 4.69) is 5.32 Å². The molecule has 2 aromatic carbocycles. The summed E-state index contributed by atoms with van der Waals surface area (Å²) < 4.78 is 0. The van der Waals surface area contributed by atoms with E-state index in [9.17, 15) is 9.90 Å². The highest BCUT2D eigenvalue weighted by Crippen LogP contribution is 2.08. The minimum Gasteiger partial charge on any atom is -0.379 e. The van der Waals surface area contributed by atoms with Crippen LogP contribution in [0.2, 0.25) is 0 Å². The van der Waals surface area contributed by atoms with Crippen LogP contribution >= 0.6 is 0 Å². The molecule has 2 N–H and O–H groups in total. The number of hydrogen-bond donors (Lipinski definition) is 2. The van der Waals surface area contributed by atoms with Crippen LogP contribution in [0.4, 0.5) is 5.69 Å². The van der Waals surface area contributed by atoms with Crippen LogP contribution in [0.15, 0.2) is 60.7 Å². The second-order valence-electron chi connectivity index (χ2n) is 4.57. The predicted molar refractivity (Wildman–Crippen MR) is 81.3 cm³/mol. The van der Waals surface area contributed by atoms with Crippen molar-refractivity contribution in [1.29, 1.82) is 0 Å². The van der Waals surface area contributed by atoms with E-state index in [1.807, 2.05) is 49.4 Å². The third-order valence-corrected chi connectivity index (χ3v) is 2.86. The smallest absolute Gasteiger partial charge is 0.257 e. The van der Waals surface area contributed by atoms with Crippen LogP contribution in [0.1, 0.15) is 11.1 Å². The number of anilines is 1. The van der Waals surface area contributed by atoms with Gasteiger partial charge < -0.3 is 10.4 Å². The van der Waals surface area contributed by atoms with E-state index in [4.69, 9.17) is 0 Å². The van der Waals surface area contributed by atoms with Crippen molar-refractivity contribution in [3.05, 3.63) is 71.8 Å². The molecule has 1 amide bonds. The molecule has 20 heavy (non-hydrogen) atoms. The zero-order chi connectivity index (χ0) is 14.4. The van der Waals surface area contributed by atoms with Crippen molar-refractivity contribution in [2.24, 2.45) is 0 Å². The molecule has 2 aromatic rings. The summed E-state index contributed by atoms with van der Waals surface area (Å²) in [5.74, 6) is -0.445. The number of carbonyl (C=O) groups is 1. The average Bonchev–Trinajstić information content (AvgIpc) is 2.47. The van der Waals surface area contributed by atoms with Gasteiger partial charge in [-0.25, -0.2) is 0 Å². The Morgan fingerprint density at radius 3 is 2.40 bits per heavy atom. The molecule has 0 radical (unpaired) electrons. The van der Waals surface area contributed by atoms with E-state index < -0.39 is 12.0 Å². The van der Waals surface area contributed by atoms with E-state index >= 15 is 0 Å². The fraction of sp³-hybridized carbons (Fsp3) is 0.118. The summed E-state index contributed by atoms with van der Waals surface area (Å²) in [5.41, 5.74) is 2.78. The maximum absolute atomic E-state index is 11.8. The fourth-order valence-electron chi connectivity index (χ4n) is 1.70. The minimum atomic E-state index is -1.17. The number of benzene rings is 2. The maximum atomic E-state index is 11.8. The molecule has 3 heteroatoms. The van der Waals surface area contributed by atoms with Crippen LogP contribution in [0.5, 0.6) is 0 Å². The molecule has 1 atom stereocenters. The van der Waals surface area contributed by atoms with E-state index in [1.54, 1.807) is 18.2 Å². The SMILES string of the molecule is Cc1ccc(/C=C/[C@@H](O)C(=O)Nc2ccccc2)cc1. The van der Waals surface area contributed by atoms with Crippen molar-refractivity contribution in [2.45, 2.75) is 13.0 Å². The first-order valence-electron chi connectivity index (χ1n) is 6.44. The molecule has 3 nitrogen and oxygen atoms in total. The first-order valence-corrected chi connectivity index (χ1v) is 6.44. The number of hydrogen-bond acceptors (Lipinski definition) is 2. The zero-order valence-corrected chi connectivity index (χ0v) is 11.3. The normalized spacial score (nSPS) is 12.3. The van der Waals surface area contributed by atoms with Gasteiger partial charge in [-0.3, -0.25) is 4.79 Å². The zero-order valence-electron chi connectivity index (χ0n) is 11.3. The Morgan fingerprint density at radius 1 is 1.10 bits per heavy atom. The lowest BCUT2D eigenvalue weighted by Gasteiger charge is -2.07. The minimum absolute atomic E-state index is 0.445. The first-order chi connectivity index (χ1) is 9.65. The molecule has 0 aliphatic heterocycles. The molecule has 0 fully saturated rings. The molecular weight excluding hydrogens is 250 g/mol. The third kappa shape index (κ3) is 4.07. The Hall–Kier alpha value is -2.39. The molecule has 0 aromatic heterocycles. The number of para-hydroxylation sites is 1. The van der Waals surface area contributed by atoms with Crippen molar-refractivity contribution in [1.82, 2.24) is 0 Å². The number of rotatable bonds is 4. The Kier molecular flexibility index (Phi) is 4.69. The lowest BCUT2D eigenvalue weighted by molar-refractivity contribution is -0.121. The number of carbonyl (C=O) groups excluding carboxylic acids is 1. The molecule has 0 bridgehead atoms. The maximum Gasteiger partial charge on any atom is 0.257 e. The predicted octanol–water partition coefficient (Wildman–Crippen LogP) is 3.01. The second kappa shape index (κ2) is 6.68. The Labute approximate surface area is 118 Å². The summed E-state index contributed by atoms with van der Waals surface area (Å²) >= 11 is 0. The number of aliphatic hydroxyl groups excluding tert-OH is 1. The molecule has 0 saturated carbocycles. The van der Waals surface area contributed by atoms with Crippen molar-refractivity contribution in [3.63, 3.8) is 0 Å². The highest BCUT2D eigenvalue weighted by Gasteiger charge is 2.10. The van der Waals surface area contributed by atoms with Gasteiger partial charge in [-0.15, -0.1) is 0 Å². The van der Waals surface area contributed by atoms with Gasteiger partial charge in [-0.05, 0) is 30.7 Å². The molecule has 2 rings (SSSR count). The number of amides is 1.